The molecule has 1 atom stereocenters. The van der Waals surface area contributed by atoms with Crippen LogP contribution in [0.15, 0.2) is 54.7 Å². The van der Waals surface area contributed by atoms with Gasteiger partial charge in [-0.3, -0.25) is 9.69 Å². The van der Waals surface area contributed by atoms with Crippen LogP contribution in [0.3, 0.4) is 0 Å². The Morgan fingerprint density at radius 3 is 2.73 bits per heavy atom. The molecule has 2 aromatic carbocycles. The van der Waals surface area contributed by atoms with Crippen LogP contribution in [0.25, 0.3) is 22.6 Å². The Hall–Kier alpha value is -3.73. The molecule has 1 saturated heterocycles. The first-order valence-electron chi connectivity index (χ1n) is 13.3. The number of H-pyrrole nitrogens is 1. The number of hydrogen-bond acceptors (Lipinski definition) is 7. The van der Waals surface area contributed by atoms with E-state index in [1.54, 1.807) is 6.20 Å². The van der Waals surface area contributed by atoms with Crippen molar-refractivity contribution in [1.29, 1.82) is 0 Å². The van der Waals surface area contributed by atoms with Crippen LogP contribution in [0.2, 0.25) is 5.02 Å². The lowest BCUT2D eigenvalue weighted by Crippen LogP contribution is -2.34. The minimum atomic E-state index is -0.223. The van der Waals surface area contributed by atoms with E-state index in [1.165, 1.54) is 12.1 Å². The molecule has 1 unspecified atom stereocenters. The summed E-state index contributed by atoms with van der Waals surface area (Å²) in [4.78, 5) is 28.8. The molecule has 0 spiro atoms. The highest BCUT2D eigenvalue weighted by Gasteiger charge is 2.24. The topological polar surface area (TPSA) is 98.4 Å². The molecule has 1 aliphatic rings. The summed E-state index contributed by atoms with van der Waals surface area (Å²) in [5.41, 5.74) is 4.01. The van der Waals surface area contributed by atoms with Gasteiger partial charge in [-0.1, -0.05) is 23.7 Å². The number of ether oxygens (including phenoxy) is 1. The molecule has 210 valence electrons. The quantitative estimate of drug-likeness (QED) is 0.251. The van der Waals surface area contributed by atoms with Crippen LogP contribution < -0.4 is 15.4 Å². The van der Waals surface area contributed by atoms with Gasteiger partial charge in [0.2, 0.25) is 0 Å². The summed E-state index contributed by atoms with van der Waals surface area (Å²) in [7, 11) is 3.91. The van der Waals surface area contributed by atoms with Crippen molar-refractivity contribution >= 4 is 34.4 Å². The highest BCUT2D eigenvalue weighted by molar-refractivity contribution is 6.34. The number of amides is 1. The number of aromatic amines is 1. The Bertz CT molecular complexity index is 1440. The number of benzene rings is 2. The van der Waals surface area contributed by atoms with E-state index in [4.69, 9.17) is 21.3 Å². The number of imidazole rings is 1. The van der Waals surface area contributed by atoms with Gasteiger partial charge in [0.15, 0.2) is 12.3 Å². The molecule has 11 heteroatoms. The number of pyridine rings is 1. The van der Waals surface area contributed by atoms with Crippen molar-refractivity contribution in [2.45, 2.75) is 19.0 Å². The number of halogens is 2. The van der Waals surface area contributed by atoms with Gasteiger partial charge in [0.25, 0.3) is 5.91 Å². The normalized spacial score (nSPS) is 15.6. The fourth-order valence-corrected chi connectivity index (χ4v) is 4.87. The number of likely N-dealkylation sites (N-methyl/N-ethyl adjacent to an activating group) is 1. The summed E-state index contributed by atoms with van der Waals surface area (Å²) in [6.45, 7) is 3.83. The smallest absolute Gasteiger partial charge is 0.257 e. The summed E-state index contributed by atoms with van der Waals surface area (Å²) in [5.74, 6) is 0.870. The molecule has 0 aliphatic carbocycles. The maximum Gasteiger partial charge on any atom is 0.257 e. The second kappa shape index (κ2) is 12.6. The van der Waals surface area contributed by atoms with Crippen LogP contribution in [0.5, 0.6) is 5.75 Å². The van der Waals surface area contributed by atoms with Crippen LogP contribution in [0.4, 0.5) is 10.1 Å². The molecule has 1 aliphatic heterocycles. The molecule has 4 aromatic rings. The van der Waals surface area contributed by atoms with Crippen LogP contribution >= 0.6 is 11.6 Å². The summed E-state index contributed by atoms with van der Waals surface area (Å²) < 4.78 is 18.9. The molecule has 0 radical (unpaired) electrons. The van der Waals surface area contributed by atoms with Crippen molar-refractivity contribution in [1.82, 2.24) is 30.1 Å². The largest absolute Gasteiger partial charge is 0.484 e. The molecule has 0 bridgehead atoms. The molecule has 3 N–H and O–H groups in total. The van der Waals surface area contributed by atoms with E-state index in [9.17, 15) is 9.18 Å². The monoisotopic (exact) mass is 565 g/mol. The van der Waals surface area contributed by atoms with E-state index in [-0.39, 0.29) is 24.4 Å². The Kier molecular flexibility index (Phi) is 8.78. The first-order valence-corrected chi connectivity index (χ1v) is 13.6. The second-order valence-corrected chi connectivity index (χ2v) is 10.6. The van der Waals surface area contributed by atoms with Crippen LogP contribution in [0.1, 0.15) is 12.0 Å². The van der Waals surface area contributed by atoms with Crippen LogP contribution in [-0.2, 0) is 11.3 Å². The summed E-state index contributed by atoms with van der Waals surface area (Å²) in [6.07, 6.45) is 2.58. The van der Waals surface area contributed by atoms with Crippen molar-refractivity contribution < 1.29 is 13.9 Å². The average molecular weight is 566 g/mol. The minimum absolute atomic E-state index is 0.0443. The molecule has 3 heterocycles. The molecule has 1 amide bonds. The third-order valence-corrected chi connectivity index (χ3v) is 7.07. The maximum atomic E-state index is 13.2. The number of carbonyl (C=O) groups excluding carboxylic acids is 1. The zero-order valence-corrected chi connectivity index (χ0v) is 23.3. The fourth-order valence-electron chi connectivity index (χ4n) is 4.68. The van der Waals surface area contributed by atoms with E-state index in [1.807, 2.05) is 55.4 Å². The van der Waals surface area contributed by atoms with Gasteiger partial charge in [0.05, 0.1) is 16.9 Å². The Morgan fingerprint density at radius 1 is 1.20 bits per heavy atom. The number of aromatic nitrogens is 3. The molecule has 1 fully saturated rings. The van der Waals surface area contributed by atoms with Gasteiger partial charge in [0.1, 0.15) is 22.9 Å². The van der Waals surface area contributed by atoms with Gasteiger partial charge >= 0.3 is 0 Å². The lowest BCUT2D eigenvalue weighted by molar-refractivity contribution is -0.123. The first kappa shape index (κ1) is 27.8. The van der Waals surface area contributed by atoms with Gasteiger partial charge in [-0.15, -0.1) is 0 Å². The Balaban J connectivity index is 1.21. The molecule has 5 rings (SSSR count). The number of likely N-dealkylation sites (tertiary alicyclic amines) is 1. The van der Waals surface area contributed by atoms with Crippen molar-refractivity contribution in [3.8, 4) is 17.1 Å². The predicted octanol–water partition coefficient (Wildman–Crippen LogP) is 4.16. The Labute approximate surface area is 237 Å². The lowest BCUT2D eigenvalue weighted by Gasteiger charge is -2.18. The fraction of sp³-hybridized carbons (Fsp3) is 0.345. The summed E-state index contributed by atoms with van der Waals surface area (Å²) in [5, 5.41) is 6.92. The number of anilines is 1. The van der Waals surface area contributed by atoms with E-state index >= 15 is 0 Å². The number of nitrogens with zero attached hydrogens (tertiary/aromatic N) is 4. The third-order valence-electron chi connectivity index (χ3n) is 6.79. The van der Waals surface area contributed by atoms with Gasteiger partial charge in [-0.25, -0.2) is 14.4 Å². The van der Waals surface area contributed by atoms with E-state index in [2.05, 4.69) is 25.5 Å². The molecule has 40 heavy (non-hydrogen) atoms. The number of fused-ring (bicyclic) bond motifs is 1. The number of nitrogens with one attached hydrogen (secondary N) is 3. The molecule has 9 nitrogen and oxygen atoms in total. The first-order chi connectivity index (χ1) is 19.3. The van der Waals surface area contributed by atoms with Crippen molar-refractivity contribution in [2.24, 2.45) is 0 Å². The van der Waals surface area contributed by atoms with Gasteiger partial charge in [0, 0.05) is 44.3 Å². The number of rotatable bonds is 11. The maximum absolute atomic E-state index is 13.2. The number of carbonyl (C=O) groups is 1. The van der Waals surface area contributed by atoms with Crippen molar-refractivity contribution in [2.75, 3.05) is 52.2 Å². The van der Waals surface area contributed by atoms with Gasteiger partial charge in [-0.05, 0) is 62.5 Å². The molecule has 2 aromatic heterocycles. The van der Waals surface area contributed by atoms with Crippen LogP contribution in [0, 0.1) is 5.82 Å². The van der Waals surface area contributed by atoms with Crippen molar-refractivity contribution in [3.63, 3.8) is 0 Å². The SMILES string of the molecule is CN(C)CCNC(=O)COc1ccc(-c2nc3c(NC4CCN(Cc5ccc(F)cc5)C4)c(Cl)cnc3[nH]2)cc1. The van der Waals surface area contributed by atoms with E-state index in [0.717, 1.165) is 49.4 Å². The average Bonchev–Trinajstić information content (AvgIpc) is 3.57. The minimum Gasteiger partial charge on any atom is -0.484 e. The molecule has 0 saturated carbocycles. The zero-order chi connectivity index (χ0) is 28.1. The number of hydrogen-bond donors (Lipinski definition) is 3. The van der Waals surface area contributed by atoms with Crippen molar-refractivity contribution in [3.05, 3.63) is 71.1 Å². The summed E-state index contributed by atoms with van der Waals surface area (Å²) in [6, 6.07) is 14.2. The molecular formula is C29H33ClFN7O2. The third kappa shape index (κ3) is 7.07. The van der Waals surface area contributed by atoms with Gasteiger partial charge in [-0.2, -0.15) is 0 Å². The standard InChI is InChI=1S/C29H33ClFN7O2/c1-37(2)14-12-32-25(39)18-40-23-9-5-20(6-10-23)28-35-27-26(24(30)15-33-29(27)36-28)34-22-11-13-38(17-22)16-19-3-7-21(31)8-4-19/h3-10,15,22H,11-14,16-18H2,1-2H3,(H,32,39)(H2,33,34,35,36). The van der Waals surface area contributed by atoms with E-state index in [0.29, 0.717) is 34.3 Å². The Morgan fingerprint density at radius 2 is 1.98 bits per heavy atom. The lowest BCUT2D eigenvalue weighted by atomic mass is 10.2. The van der Waals surface area contributed by atoms with E-state index < -0.39 is 0 Å². The molecular weight excluding hydrogens is 533 g/mol. The zero-order valence-electron chi connectivity index (χ0n) is 22.6. The predicted molar refractivity (Wildman–Crippen MR) is 155 cm³/mol. The highest BCUT2D eigenvalue weighted by Crippen LogP contribution is 2.32. The second-order valence-electron chi connectivity index (χ2n) is 10.2. The summed E-state index contributed by atoms with van der Waals surface area (Å²) >= 11 is 6.57. The van der Waals surface area contributed by atoms with Crippen LogP contribution in [-0.4, -0.2) is 83.6 Å². The highest BCUT2D eigenvalue weighted by atomic mass is 35.5. The van der Waals surface area contributed by atoms with Gasteiger partial charge < -0.3 is 25.3 Å².